The van der Waals surface area contributed by atoms with Gasteiger partial charge in [0, 0.05) is 31.6 Å². The van der Waals surface area contributed by atoms with Crippen molar-refractivity contribution < 1.29 is 31.8 Å². The zero-order valence-corrected chi connectivity index (χ0v) is 22.9. The topological polar surface area (TPSA) is 117 Å². The number of nitrogens with one attached hydrogen (secondary N) is 1. The highest BCUT2D eigenvalue weighted by Gasteiger charge is 2.35. The molecule has 0 aliphatic heterocycles. The molecule has 1 N–H and O–H groups in total. The van der Waals surface area contributed by atoms with Crippen LogP contribution in [0.5, 0.6) is 17.5 Å². The van der Waals surface area contributed by atoms with E-state index in [2.05, 4.69) is 15.0 Å². The SMILES string of the molecule is CCC=C(COc1ncccc1Oc1nc(-n2c(=N)cc(C(F)(F)F)n(C)c2=O)c(F)cc1Cl)OCc1ccccn1. The van der Waals surface area contributed by atoms with Crippen LogP contribution in [0.15, 0.2) is 71.5 Å². The van der Waals surface area contributed by atoms with Gasteiger partial charge < -0.3 is 14.2 Å². The third kappa shape index (κ3) is 6.94. The van der Waals surface area contributed by atoms with Gasteiger partial charge in [0.05, 0.1) is 5.69 Å². The Bertz CT molecular complexity index is 1720. The maximum atomic E-state index is 14.9. The van der Waals surface area contributed by atoms with Crippen molar-refractivity contribution in [1.29, 1.82) is 5.41 Å². The van der Waals surface area contributed by atoms with Gasteiger partial charge in [0.25, 0.3) is 5.88 Å². The van der Waals surface area contributed by atoms with Crippen molar-refractivity contribution in [3.63, 3.8) is 0 Å². The van der Waals surface area contributed by atoms with Crippen LogP contribution < -0.4 is 20.7 Å². The van der Waals surface area contributed by atoms with Crippen LogP contribution in [-0.4, -0.2) is 30.7 Å². The van der Waals surface area contributed by atoms with E-state index < -0.39 is 40.6 Å². The van der Waals surface area contributed by atoms with Crippen molar-refractivity contribution >= 4 is 11.6 Å². The largest absolute Gasteiger partial charge is 0.488 e. The van der Waals surface area contributed by atoms with Gasteiger partial charge in [-0.1, -0.05) is 24.6 Å². The Hall–Kier alpha value is -4.72. The van der Waals surface area contributed by atoms with E-state index in [1.807, 2.05) is 25.1 Å². The summed E-state index contributed by atoms with van der Waals surface area (Å²) >= 11 is 6.14. The lowest BCUT2D eigenvalue weighted by Crippen LogP contribution is -2.41. The van der Waals surface area contributed by atoms with Crippen LogP contribution in [0.2, 0.25) is 5.02 Å². The van der Waals surface area contributed by atoms with E-state index in [0.29, 0.717) is 28.5 Å². The molecule has 0 aliphatic carbocycles. The van der Waals surface area contributed by atoms with E-state index in [0.717, 1.165) is 13.1 Å². The number of pyridine rings is 3. The minimum absolute atomic E-state index is 0.00134. The molecule has 0 amide bonds. The Labute approximate surface area is 241 Å². The van der Waals surface area contributed by atoms with E-state index in [1.54, 1.807) is 12.3 Å². The van der Waals surface area contributed by atoms with Crippen LogP contribution in [0, 0.1) is 11.2 Å². The second-order valence-corrected chi connectivity index (χ2v) is 8.96. The first-order chi connectivity index (χ1) is 20.0. The summed E-state index contributed by atoms with van der Waals surface area (Å²) in [6.07, 6.45) is 0.629. The maximum Gasteiger partial charge on any atom is 0.431 e. The van der Waals surface area contributed by atoms with Gasteiger partial charge in [-0.2, -0.15) is 18.2 Å². The molecule has 0 unspecified atom stereocenters. The molecule has 4 aromatic heterocycles. The second-order valence-electron chi connectivity index (χ2n) is 8.56. The molecule has 0 fully saturated rings. The monoisotopic (exact) mass is 606 g/mol. The lowest BCUT2D eigenvalue weighted by molar-refractivity contribution is -0.144. The van der Waals surface area contributed by atoms with Crippen LogP contribution in [0.25, 0.3) is 5.82 Å². The van der Waals surface area contributed by atoms with E-state index in [1.165, 1.54) is 18.3 Å². The van der Waals surface area contributed by atoms with Gasteiger partial charge >= 0.3 is 11.9 Å². The fraction of sp³-hybridized carbons (Fsp3) is 0.222. The average molecular weight is 607 g/mol. The minimum Gasteiger partial charge on any atom is -0.488 e. The molecule has 0 radical (unpaired) electrons. The number of hydrogen-bond donors (Lipinski definition) is 1. The highest BCUT2D eigenvalue weighted by molar-refractivity contribution is 6.31. The van der Waals surface area contributed by atoms with Gasteiger partial charge in [-0.05, 0) is 36.8 Å². The number of alkyl halides is 3. The Morgan fingerprint density at radius 2 is 1.88 bits per heavy atom. The first-order valence-electron chi connectivity index (χ1n) is 12.3. The first kappa shape index (κ1) is 30.2. The summed E-state index contributed by atoms with van der Waals surface area (Å²) in [5, 5.41) is 7.65. The van der Waals surface area contributed by atoms with Crippen LogP contribution in [0.1, 0.15) is 24.7 Å². The number of nitrogens with zero attached hydrogens (tertiary/aromatic N) is 5. The van der Waals surface area contributed by atoms with Gasteiger partial charge in [0.2, 0.25) is 5.88 Å². The van der Waals surface area contributed by atoms with Gasteiger partial charge in [0.1, 0.15) is 35.2 Å². The third-order valence-corrected chi connectivity index (χ3v) is 5.86. The summed E-state index contributed by atoms with van der Waals surface area (Å²) in [7, 11) is 0.840. The molecular formula is C27H23ClF4N6O4. The lowest BCUT2D eigenvalue weighted by atomic mass is 10.3. The molecule has 4 aromatic rings. The number of aromatic nitrogens is 5. The van der Waals surface area contributed by atoms with Gasteiger partial charge in [-0.25, -0.2) is 18.7 Å². The zero-order valence-electron chi connectivity index (χ0n) is 22.2. The first-order valence-corrected chi connectivity index (χ1v) is 12.7. The second kappa shape index (κ2) is 12.9. The number of allylic oxidation sites excluding steroid dienone is 1. The predicted molar refractivity (Wildman–Crippen MR) is 142 cm³/mol. The Kier molecular flexibility index (Phi) is 9.25. The average Bonchev–Trinajstić information content (AvgIpc) is 2.95. The van der Waals surface area contributed by atoms with Crippen molar-refractivity contribution in [2.45, 2.75) is 26.1 Å². The summed E-state index contributed by atoms with van der Waals surface area (Å²) in [6, 6.07) is 9.55. The molecule has 0 saturated carbocycles. The normalized spacial score (nSPS) is 11.8. The van der Waals surface area contributed by atoms with Gasteiger partial charge in [-0.15, -0.1) is 0 Å². The van der Waals surface area contributed by atoms with E-state index in [4.69, 9.17) is 31.2 Å². The maximum absolute atomic E-state index is 14.9. The van der Waals surface area contributed by atoms with Gasteiger partial charge in [-0.3, -0.25) is 15.0 Å². The van der Waals surface area contributed by atoms with E-state index >= 15 is 0 Å². The molecule has 0 bridgehead atoms. The molecule has 10 nitrogen and oxygen atoms in total. The predicted octanol–water partition coefficient (Wildman–Crippen LogP) is 5.33. The Balaban J connectivity index is 1.61. The Morgan fingerprint density at radius 1 is 1.12 bits per heavy atom. The molecule has 15 heteroatoms. The molecule has 4 rings (SSSR count). The fourth-order valence-corrected chi connectivity index (χ4v) is 3.81. The minimum atomic E-state index is -4.92. The molecule has 42 heavy (non-hydrogen) atoms. The van der Waals surface area contributed by atoms with Crippen LogP contribution in [-0.2, 0) is 24.6 Å². The number of hydrogen-bond acceptors (Lipinski definition) is 8. The molecule has 220 valence electrons. The van der Waals surface area contributed by atoms with E-state index in [9.17, 15) is 22.4 Å². The molecule has 0 atom stereocenters. The number of ether oxygens (including phenoxy) is 3. The summed E-state index contributed by atoms with van der Waals surface area (Å²) in [6.45, 7) is 2.09. The zero-order chi connectivity index (χ0) is 30.4. The highest BCUT2D eigenvalue weighted by Crippen LogP contribution is 2.34. The van der Waals surface area contributed by atoms with Crippen molar-refractivity contribution in [2.24, 2.45) is 7.05 Å². The van der Waals surface area contributed by atoms with Crippen LogP contribution >= 0.6 is 11.6 Å². The van der Waals surface area contributed by atoms with Crippen molar-refractivity contribution in [3.8, 4) is 23.3 Å². The van der Waals surface area contributed by atoms with E-state index in [-0.39, 0.29) is 34.4 Å². The highest BCUT2D eigenvalue weighted by atomic mass is 35.5. The third-order valence-electron chi connectivity index (χ3n) is 5.59. The molecule has 4 heterocycles. The number of halogens is 5. The molecular weight excluding hydrogens is 584 g/mol. The fourth-order valence-electron chi connectivity index (χ4n) is 3.64. The number of rotatable bonds is 10. The van der Waals surface area contributed by atoms with Crippen molar-refractivity contribution in [2.75, 3.05) is 6.61 Å². The molecule has 0 spiro atoms. The van der Waals surface area contributed by atoms with Gasteiger partial charge in [0.15, 0.2) is 17.4 Å². The summed E-state index contributed by atoms with van der Waals surface area (Å²) < 4.78 is 72.7. The lowest BCUT2D eigenvalue weighted by Gasteiger charge is -2.16. The molecule has 0 aromatic carbocycles. The summed E-state index contributed by atoms with van der Waals surface area (Å²) in [5.41, 5.74) is -3.00. The molecule has 0 saturated heterocycles. The van der Waals surface area contributed by atoms with Crippen molar-refractivity contribution in [1.82, 2.24) is 24.1 Å². The summed E-state index contributed by atoms with van der Waals surface area (Å²) in [5.74, 6) is -1.90. The molecule has 0 aliphatic rings. The van der Waals surface area contributed by atoms with Crippen LogP contribution in [0.3, 0.4) is 0 Å². The standard InChI is InChI=1S/C27H23ClF4N6O4/c1-3-7-17(40-14-16-8-4-5-10-34-16)15-41-25-20(9-6-11-35-25)42-24-18(28)12-19(29)23(36-24)38-22(33)13-21(27(30,31)32)37(2)26(38)39/h4-13,33H,3,14-15H2,1-2H3. The summed E-state index contributed by atoms with van der Waals surface area (Å²) in [4.78, 5) is 25.0. The smallest absolute Gasteiger partial charge is 0.431 e. The van der Waals surface area contributed by atoms with Crippen LogP contribution in [0.4, 0.5) is 17.6 Å². The van der Waals surface area contributed by atoms with Crippen molar-refractivity contribution in [3.05, 3.63) is 105 Å². The quantitative estimate of drug-likeness (QED) is 0.191. The Morgan fingerprint density at radius 3 is 2.57 bits per heavy atom.